The van der Waals surface area contributed by atoms with Gasteiger partial charge in [0.05, 0.1) is 7.11 Å². The summed E-state index contributed by atoms with van der Waals surface area (Å²) in [5.41, 5.74) is 6.67. The lowest BCUT2D eigenvalue weighted by atomic mass is 9.96. The second-order valence-electron chi connectivity index (χ2n) is 4.80. The quantitative estimate of drug-likeness (QED) is 0.688. The van der Waals surface area contributed by atoms with Crippen molar-refractivity contribution in [3.8, 4) is 11.5 Å². The van der Waals surface area contributed by atoms with E-state index in [0.29, 0.717) is 24.3 Å². The Morgan fingerprint density at radius 3 is 2.67 bits per heavy atom. The molecule has 0 aromatic heterocycles. The van der Waals surface area contributed by atoms with Crippen molar-refractivity contribution in [3.05, 3.63) is 23.8 Å². The van der Waals surface area contributed by atoms with E-state index >= 15 is 0 Å². The predicted octanol–water partition coefficient (Wildman–Crippen LogP) is 1.52. The van der Waals surface area contributed by atoms with Gasteiger partial charge in [-0.15, -0.1) is 0 Å². The van der Waals surface area contributed by atoms with Crippen molar-refractivity contribution in [1.82, 2.24) is 5.32 Å². The summed E-state index contributed by atoms with van der Waals surface area (Å²) in [5, 5.41) is 13.0. The average molecular weight is 252 g/mol. The van der Waals surface area contributed by atoms with Crippen LogP contribution in [0.5, 0.6) is 11.5 Å². The fourth-order valence-electron chi connectivity index (χ4n) is 1.92. The molecule has 0 aliphatic rings. The minimum absolute atomic E-state index is 0.178. The lowest BCUT2D eigenvalue weighted by Crippen LogP contribution is -2.38. The Bertz CT molecular complexity index is 367. The van der Waals surface area contributed by atoms with Gasteiger partial charge in [-0.05, 0) is 30.0 Å². The number of nitrogens with two attached hydrogens (primary N) is 1. The third kappa shape index (κ3) is 4.20. The van der Waals surface area contributed by atoms with Crippen LogP contribution in [0.15, 0.2) is 18.2 Å². The molecular formula is C14H24N2O2. The molecule has 1 rings (SSSR count). The van der Waals surface area contributed by atoms with Crippen LogP contribution in [-0.4, -0.2) is 31.3 Å². The smallest absolute Gasteiger partial charge is 0.160 e. The van der Waals surface area contributed by atoms with Crippen LogP contribution in [0.2, 0.25) is 0 Å². The highest BCUT2D eigenvalue weighted by atomic mass is 16.5. The fourth-order valence-corrected chi connectivity index (χ4v) is 1.92. The molecule has 1 aromatic carbocycles. The molecule has 0 radical (unpaired) electrons. The van der Waals surface area contributed by atoms with Crippen molar-refractivity contribution in [1.29, 1.82) is 0 Å². The molecule has 0 aliphatic carbocycles. The predicted molar refractivity (Wildman–Crippen MR) is 74.0 cm³/mol. The van der Waals surface area contributed by atoms with Gasteiger partial charge in [0.1, 0.15) is 0 Å². The summed E-state index contributed by atoms with van der Waals surface area (Å²) in [7, 11) is 1.56. The second kappa shape index (κ2) is 7.24. The summed E-state index contributed by atoms with van der Waals surface area (Å²) in [4.78, 5) is 0. The molecule has 1 atom stereocenters. The van der Waals surface area contributed by atoms with Crippen LogP contribution in [0.1, 0.15) is 19.4 Å². The van der Waals surface area contributed by atoms with Crippen molar-refractivity contribution < 1.29 is 9.84 Å². The molecular weight excluding hydrogens is 228 g/mol. The van der Waals surface area contributed by atoms with Crippen LogP contribution in [0.3, 0.4) is 0 Å². The van der Waals surface area contributed by atoms with Gasteiger partial charge in [0.25, 0.3) is 0 Å². The van der Waals surface area contributed by atoms with Gasteiger partial charge in [-0.25, -0.2) is 0 Å². The first-order valence-corrected chi connectivity index (χ1v) is 6.37. The number of hydrogen-bond acceptors (Lipinski definition) is 4. The molecule has 0 bridgehead atoms. The average Bonchev–Trinajstić information content (AvgIpc) is 2.36. The molecule has 0 saturated heterocycles. The van der Waals surface area contributed by atoms with E-state index in [9.17, 15) is 5.11 Å². The largest absolute Gasteiger partial charge is 0.504 e. The SMILES string of the molecule is COc1cc(CC(NCCN)C(C)C)ccc1O. The van der Waals surface area contributed by atoms with Crippen LogP contribution in [0, 0.1) is 5.92 Å². The minimum Gasteiger partial charge on any atom is -0.504 e. The van der Waals surface area contributed by atoms with E-state index in [0.717, 1.165) is 18.5 Å². The van der Waals surface area contributed by atoms with E-state index in [1.54, 1.807) is 13.2 Å². The number of ether oxygens (including phenoxy) is 1. The standard InChI is InChI=1S/C14H24N2O2/c1-10(2)12(16-7-6-15)8-11-4-5-13(17)14(9-11)18-3/h4-5,9-10,12,16-17H,6-8,15H2,1-3H3. The van der Waals surface area contributed by atoms with Crippen LogP contribution in [-0.2, 0) is 6.42 Å². The Hall–Kier alpha value is -1.26. The van der Waals surface area contributed by atoms with E-state index in [1.807, 2.05) is 12.1 Å². The highest BCUT2D eigenvalue weighted by Gasteiger charge is 2.14. The van der Waals surface area contributed by atoms with E-state index in [-0.39, 0.29) is 5.75 Å². The number of rotatable bonds is 7. The third-order valence-electron chi connectivity index (χ3n) is 3.06. The molecule has 1 aromatic rings. The molecule has 0 spiro atoms. The number of phenolic OH excluding ortho intramolecular Hbond substituents is 1. The number of benzene rings is 1. The van der Waals surface area contributed by atoms with Gasteiger partial charge >= 0.3 is 0 Å². The second-order valence-corrected chi connectivity index (χ2v) is 4.80. The minimum atomic E-state index is 0.178. The zero-order chi connectivity index (χ0) is 13.5. The van der Waals surface area contributed by atoms with E-state index in [2.05, 4.69) is 19.2 Å². The zero-order valence-corrected chi connectivity index (χ0v) is 11.4. The molecule has 0 aliphatic heterocycles. The summed E-state index contributed by atoms with van der Waals surface area (Å²) in [6.07, 6.45) is 0.897. The van der Waals surface area contributed by atoms with Gasteiger partial charge in [-0.3, -0.25) is 0 Å². The van der Waals surface area contributed by atoms with Gasteiger partial charge in [0, 0.05) is 19.1 Å². The molecule has 0 heterocycles. The van der Waals surface area contributed by atoms with E-state index in [4.69, 9.17) is 10.5 Å². The highest BCUT2D eigenvalue weighted by molar-refractivity contribution is 5.41. The summed E-state index contributed by atoms with van der Waals surface area (Å²) in [5.74, 6) is 1.22. The fraction of sp³-hybridized carbons (Fsp3) is 0.571. The summed E-state index contributed by atoms with van der Waals surface area (Å²) < 4.78 is 5.12. The molecule has 4 N–H and O–H groups in total. The van der Waals surface area contributed by atoms with Crippen molar-refractivity contribution in [2.75, 3.05) is 20.2 Å². The summed E-state index contributed by atoms with van der Waals surface area (Å²) in [6, 6.07) is 5.86. The lowest BCUT2D eigenvalue weighted by Gasteiger charge is -2.22. The maximum absolute atomic E-state index is 9.56. The topological polar surface area (TPSA) is 67.5 Å². The molecule has 0 amide bonds. The van der Waals surface area contributed by atoms with Gasteiger partial charge in [0.15, 0.2) is 11.5 Å². The van der Waals surface area contributed by atoms with Crippen LogP contribution in [0.4, 0.5) is 0 Å². The van der Waals surface area contributed by atoms with Crippen LogP contribution < -0.4 is 15.8 Å². The first kappa shape index (κ1) is 14.8. The van der Waals surface area contributed by atoms with E-state index < -0.39 is 0 Å². The van der Waals surface area contributed by atoms with Crippen molar-refractivity contribution in [3.63, 3.8) is 0 Å². The van der Waals surface area contributed by atoms with Crippen molar-refractivity contribution in [2.45, 2.75) is 26.3 Å². The zero-order valence-electron chi connectivity index (χ0n) is 11.4. The first-order chi connectivity index (χ1) is 8.58. The number of phenols is 1. The third-order valence-corrected chi connectivity index (χ3v) is 3.06. The Balaban J connectivity index is 2.74. The Morgan fingerprint density at radius 2 is 2.11 bits per heavy atom. The summed E-state index contributed by atoms with van der Waals surface area (Å²) in [6.45, 7) is 5.83. The molecule has 4 heteroatoms. The van der Waals surface area contributed by atoms with Gasteiger partial charge in [-0.2, -0.15) is 0 Å². The summed E-state index contributed by atoms with van der Waals surface area (Å²) >= 11 is 0. The first-order valence-electron chi connectivity index (χ1n) is 6.37. The molecule has 1 unspecified atom stereocenters. The molecule has 0 saturated carbocycles. The van der Waals surface area contributed by atoms with Gasteiger partial charge in [-0.1, -0.05) is 19.9 Å². The monoisotopic (exact) mass is 252 g/mol. The van der Waals surface area contributed by atoms with Crippen molar-refractivity contribution >= 4 is 0 Å². The Kier molecular flexibility index (Phi) is 5.95. The molecule has 0 fully saturated rings. The van der Waals surface area contributed by atoms with Crippen LogP contribution >= 0.6 is 0 Å². The molecule has 18 heavy (non-hydrogen) atoms. The Morgan fingerprint density at radius 1 is 1.39 bits per heavy atom. The van der Waals surface area contributed by atoms with E-state index in [1.165, 1.54) is 0 Å². The normalized spacial score (nSPS) is 12.7. The number of hydrogen-bond donors (Lipinski definition) is 3. The number of methoxy groups -OCH3 is 1. The maximum atomic E-state index is 9.56. The van der Waals surface area contributed by atoms with Gasteiger partial charge < -0.3 is 20.9 Å². The maximum Gasteiger partial charge on any atom is 0.160 e. The van der Waals surface area contributed by atoms with Crippen LogP contribution in [0.25, 0.3) is 0 Å². The highest BCUT2D eigenvalue weighted by Crippen LogP contribution is 2.27. The van der Waals surface area contributed by atoms with Crippen molar-refractivity contribution in [2.24, 2.45) is 11.7 Å². The molecule has 102 valence electrons. The number of aromatic hydroxyl groups is 1. The number of nitrogens with one attached hydrogen (secondary N) is 1. The van der Waals surface area contributed by atoms with Gasteiger partial charge in [0.2, 0.25) is 0 Å². The lowest BCUT2D eigenvalue weighted by molar-refractivity contribution is 0.370. The Labute approximate surface area is 109 Å². The molecule has 4 nitrogen and oxygen atoms in total.